The molecule has 2 heterocycles. The van der Waals surface area contributed by atoms with E-state index in [-0.39, 0.29) is 0 Å². The smallest absolute Gasteiger partial charge is 0.224 e. The molecule has 0 bridgehead atoms. The van der Waals surface area contributed by atoms with E-state index in [1.54, 1.807) is 25.6 Å². The van der Waals surface area contributed by atoms with Crippen molar-refractivity contribution in [3.8, 4) is 0 Å². The molecule has 2 aromatic heterocycles. The van der Waals surface area contributed by atoms with Crippen molar-refractivity contribution in [1.29, 1.82) is 0 Å². The van der Waals surface area contributed by atoms with Gasteiger partial charge in [0.2, 0.25) is 5.95 Å². The van der Waals surface area contributed by atoms with Crippen LogP contribution in [-0.2, 0) is 6.54 Å². The van der Waals surface area contributed by atoms with Crippen LogP contribution in [0.2, 0.25) is 0 Å². The number of rotatable bonds is 4. The third-order valence-corrected chi connectivity index (χ3v) is 2.76. The number of hydrogen-bond donors (Lipinski definition) is 2. The lowest BCUT2D eigenvalue weighted by Crippen LogP contribution is -2.05. The highest BCUT2D eigenvalue weighted by Crippen LogP contribution is 2.20. The molecular formula is C11H12BrN5. The largest absolute Gasteiger partial charge is 0.365 e. The fourth-order valence-electron chi connectivity index (χ4n) is 1.30. The maximum atomic E-state index is 4.31. The topological polar surface area (TPSA) is 62.7 Å². The van der Waals surface area contributed by atoms with Crippen molar-refractivity contribution in [2.75, 3.05) is 17.7 Å². The van der Waals surface area contributed by atoms with Gasteiger partial charge in [0.1, 0.15) is 5.82 Å². The third kappa shape index (κ3) is 3.13. The molecule has 88 valence electrons. The zero-order chi connectivity index (χ0) is 12.1. The van der Waals surface area contributed by atoms with Crippen LogP contribution in [0.15, 0.2) is 35.2 Å². The van der Waals surface area contributed by atoms with Crippen LogP contribution in [-0.4, -0.2) is 22.0 Å². The van der Waals surface area contributed by atoms with E-state index >= 15 is 0 Å². The summed E-state index contributed by atoms with van der Waals surface area (Å²) in [4.78, 5) is 12.4. The van der Waals surface area contributed by atoms with Crippen LogP contribution in [0, 0.1) is 0 Å². The Morgan fingerprint density at radius 3 is 2.76 bits per heavy atom. The fourth-order valence-corrected chi connectivity index (χ4v) is 1.63. The van der Waals surface area contributed by atoms with Crippen LogP contribution in [0.25, 0.3) is 0 Å². The number of aromatic nitrogens is 3. The average Bonchev–Trinajstić information content (AvgIpc) is 2.39. The van der Waals surface area contributed by atoms with Crippen molar-refractivity contribution in [3.63, 3.8) is 0 Å². The zero-order valence-corrected chi connectivity index (χ0v) is 10.9. The first-order valence-corrected chi connectivity index (χ1v) is 5.92. The van der Waals surface area contributed by atoms with Gasteiger partial charge in [0.05, 0.1) is 4.47 Å². The molecule has 5 nitrogen and oxygen atoms in total. The molecule has 17 heavy (non-hydrogen) atoms. The number of nitrogens with one attached hydrogen (secondary N) is 2. The lowest BCUT2D eigenvalue weighted by atomic mass is 10.3. The first-order chi connectivity index (χ1) is 8.29. The van der Waals surface area contributed by atoms with Gasteiger partial charge in [-0.05, 0) is 33.6 Å². The summed E-state index contributed by atoms with van der Waals surface area (Å²) in [6.07, 6.45) is 5.25. The molecule has 0 unspecified atom stereocenters. The SMILES string of the molecule is CNc1ncc(Br)c(NCc2ccncc2)n1. The second-order valence-corrected chi connectivity index (χ2v) is 4.20. The minimum atomic E-state index is 0.588. The predicted molar refractivity (Wildman–Crippen MR) is 70.8 cm³/mol. The van der Waals surface area contributed by atoms with E-state index in [4.69, 9.17) is 0 Å². The Morgan fingerprint density at radius 1 is 1.29 bits per heavy atom. The number of halogens is 1. The van der Waals surface area contributed by atoms with E-state index in [2.05, 4.69) is 41.5 Å². The van der Waals surface area contributed by atoms with E-state index in [1.165, 1.54) is 0 Å². The second-order valence-electron chi connectivity index (χ2n) is 3.35. The van der Waals surface area contributed by atoms with Crippen molar-refractivity contribution >= 4 is 27.7 Å². The maximum absolute atomic E-state index is 4.31. The van der Waals surface area contributed by atoms with Gasteiger partial charge in [-0.3, -0.25) is 4.98 Å². The third-order valence-electron chi connectivity index (χ3n) is 2.18. The van der Waals surface area contributed by atoms with Crippen molar-refractivity contribution in [2.45, 2.75) is 6.54 Å². The first kappa shape index (κ1) is 11.8. The molecule has 0 saturated heterocycles. The lowest BCUT2D eigenvalue weighted by molar-refractivity contribution is 1.06. The van der Waals surface area contributed by atoms with Crippen LogP contribution >= 0.6 is 15.9 Å². The quantitative estimate of drug-likeness (QED) is 0.906. The van der Waals surface area contributed by atoms with Crippen molar-refractivity contribution in [3.05, 3.63) is 40.8 Å². The molecule has 6 heteroatoms. The second kappa shape index (κ2) is 5.58. The van der Waals surface area contributed by atoms with Gasteiger partial charge in [-0.2, -0.15) is 4.98 Å². The highest BCUT2D eigenvalue weighted by atomic mass is 79.9. The van der Waals surface area contributed by atoms with Crippen LogP contribution in [0.5, 0.6) is 0 Å². The van der Waals surface area contributed by atoms with Crippen molar-refractivity contribution in [2.24, 2.45) is 0 Å². The summed E-state index contributed by atoms with van der Waals surface area (Å²) < 4.78 is 0.838. The monoisotopic (exact) mass is 293 g/mol. The molecule has 0 aliphatic rings. The Kier molecular flexibility index (Phi) is 3.87. The molecule has 0 atom stereocenters. The van der Waals surface area contributed by atoms with E-state index < -0.39 is 0 Å². The van der Waals surface area contributed by atoms with Crippen LogP contribution in [0.4, 0.5) is 11.8 Å². The summed E-state index contributed by atoms with van der Waals surface area (Å²) in [6, 6.07) is 3.92. The molecule has 2 aromatic rings. The molecule has 0 spiro atoms. The van der Waals surface area contributed by atoms with Gasteiger partial charge in [-0.15, -0.1) is 0 Å². The summed E-state index contributed by atoms with van der Waals surface area (Å²) in [5.41, 5.74) is 1.15. The maximum Gasteiger partial charge on any atom is 0.224 e. The highest BCUT2D eigenvalue weighted by molar-refractivity contribution is 9.10. The van der Waals surface area contributed by atoms with Gasteiger partial charge in [0.15, 0.2) is 0 Å². The molecular weight excluding hydrogens is 282 g/mol. The molecule has 0 fully saturated rings. The number of pyridine rings is 1. The van der Waals surface area contributed by atoms with Gasteiger partial charge >= 0.3 is 0 Å². The van der Waals surface area contributed by atoms with Crippen LogP contribution < -0.4 is 10.6 Å². The molecule has 0 radical (unpaired) electrons. The summed E-state index contributed by atoms with van der Waals surface area (Å²) >= 11 is 3.41. The van der Waals surface area contributed by atoms with Crippen LogP contribution in [0.3, 0.4) is 0 Å². The Balaban J connectivity index is 2.08. The van der Waals surface area contributed by atoms with Gasteiger partial charge in [0.25, 0.3) is 0 Å². The predicted octanol–water partition coefficient (Wildman–Crippen LogP) is 2.29. The molecule has 0 aliphatic heterocycles. The highest BCUT2D eigenvalue weighted by Gasteiger charge is 2.03. The Hall–Kier alpha value is -1.69. The molecule has 0 amide bonds. The average molecular weight is 294 g/mol. The molecule has 2 rings (SSSR count). The Morgan fingerprint density at radius 2 is 2.06 bits per heavy atom. The molecule has 2 N–H and O–H groups in total. The van der Waals surface area contributed by atoms with E-state index in [9.17, 15) is 0 Å². The Labute approximate surface area is 108 Å². The van der Waals surface area contributed by atoms with Gasteiger partial charge in [-0.25, -0.2) is 4.98 Å². The lowest BCUT2D eigenvalue weighted by Gasteiger charge is -2.08. The number of anilines is 2. The van der Waals surface area contributed by atoms with E-state index in [0.29, 0.717) is 12.5 Å². The minimum absolute atomic E-state index is 0.588. The molecule has 0 saturated carbocycles. The summed E-state index contributed by atoms with van der Waals surface area (Å²) in [5, 5.41) is 6.14. The summed E-state index contributed by atoms with van der Waals surface area (Å²) in [6.45, 7) is 0.696. The van der Waals surface area contributed by atoms with E-state index in [0.717, 1.165) is 15.9 Å². The Bertz CT molecular complexity index is 488. The summed E-state index contributed by atoms with van der Waals surface area (Å²) in [7, 11) is 1.79. The molecule has 0 aliphatic carbocycles. The molecule has 0 aromatic carbocycles. The van der Waals surface area contributed by atoms with Gasteiger partial charge in [-0.1, -0.05) is 0 Å². The van der Waals surface area contributed by atoms with Crippen molar-refractivity contribution < 1.29 is 0 Å². The van der Waals surface area contributed by atoms with Crippen LogP contribution in [0.1, 0.15) is 5.56 Å². The first-order valence-electron chi connectivity index (χ1n) is 5.12. The van der Waals surface area contributed by atoms with Crippen molar-refractivity contribution in [1.82, 2.24) is 15.0 Å². The summed E-state index contributed by atoms with van der Waals surface area (Å²) in [5.74, 6) is 1.35. The fraction of sp³-hybridized carbons (Fsp3) is 0.182. The van der Waals surface area contributed by atoms with Gasteiger partial charge in [0, 0.05) is 32.2 Å². The normalized spacial score (nSPS) is 10.0. The zero-order valence-electron chi connectivity index (χ0n) is 9.31. The minimum Gasteiger partial charge on any atom is -0.365 e. The standard InChI is InChI=1S/C11H12BrN5/c1-13-11-16-7-9(12)10(17-11)15-6-8-2-4-14-5-3-8/h2-5,7H,6H2,1H3,(H2,13,15,16,17). The number of hydrogen-bond acceptors (Lipinski definition) is 5. The van der Waals surface area contributed by atoms with Gasteiger partial charge < -0.3 is 10.6 Å². The van der Waals surface area contributed by atoms with E-state index in [1.807, 2.05) is 12.1 Å². The number of nitrogens with zero attached hydrogens (tertiary/aromatic N) is 3.